The van der Waals surface area contributed by atoms with E-state index in [1.807, 2.05) is 26.8 Å². The van der Waals surface area contributed by atoms with Crippen LogP contribution in [0.5, 0.6) is 0 Å². The summed E-state index contributed by atoms with van der Waals surface area (Å²) in [6.07, 6.45) is 2.00. The second kappa shape index (κ2) is 6.90. The van der Waals surface area contributed by atoms with Crippen molar-refractivity contribution < 1.29 is 4.79 Å². The molecule has 1 amide bonds. The van der Waals surface area contributed by atoms with Gasteiger partial charge in [0.05, 0.1) is 0 Å². The van der Waals surface area contributed by atoms with Gasteiger partial charge < -0.3 is 4.90 Å². The van der Waals surface area contributed by atoms with E-state index in [9.17, 15) is 4.79 Å². The number of hydrogen-bond donors (Lipinski definition) is 0. The molecule has 2 aromatic carbocycles. The van der Waals surface area contributed by atoms with E-state index in [0.717, 1.165) is 19.4 Å². The fourth-order valence-corrected chi connectivity index (χ4v) is 3.99. The Morgan fingerprint density at radius 1 is 1.00 bits per heavy atom. The first-order chi connectivity index (χ1) is 12.2. The van der Waals surface area contributed by atoms with Crippen LogP contribution in [-0.2, 0) is 11.2 Å². The minimum Gasteiger partial charge on any atom is -0.338 e. The molecule has 0 unspecified atom stereocenters. The molecule has 26 heavy (non-hydrogen) atoms. The SMILES string of the molecule is CC1(C)C[C@@H](Cc2ccc(-c3ccccc3)cc2)N(C(=O)C(C)(C)C)C1. The third-order valence-electron chi connectivity index (χ3n) is 5.26. The molecule has 0 N–H and O–H groups in total. The summed E-state index contributed by atoms with van der Waals surface area (Å²) in [5.41, 5.74) is 3.65. The topological polar surface area (TPSA) is 20.3 Å². The van der Waals surface area contributed by atoms with Gasteiger partial charge in [0, 0.05) is 18.0 Å². The minimum atomic E-state index is -0.324. The van der Waals surface area contributed by atoms with E-state index < -0.39 is 0 Å². The number of benzene rings is 2. The zero-order valence-electron chi connectivity index (χ0n) is 16.8. The van der Waals surface area contributed by atoms with Gasteiger partial charge in [-0.25, -0.2) is 0 Å². The number of hydrogen-bond acceptors (Lipinski definition) is 1. The molecule has 2 aromatic rings. The smallest absolute Gasteiger partial charge is 0.228 e. The van der Waals surface area contributed by atoms with Crippen LogP contribution < -0.4 is 0 Å². The van der Waals surface area contributed by atoms with Crippen molar-refractivity contribution in [2.24, 2.45) is 10.8 Å². The molecule has 1 aliphatic heterocycles. The largest absolute Gasteiger partial charge is 0.338 e. The third-order valence-corrected chi connectivity index (χ3v) is 5.26. The molecule has 0 radical (unpaired) electrons. The summed E-state index contributed by atoms with van der Waals surface area (Å²) in [5, 5.41) is 0. The maximum Gasteiger partial charge on any atom is 0.228 e. The molecule has 0 aliphatic carbocycles. The molecule has 1 saturated heterocycles. The summed E-state index contributed by atoms with van der Waals surface area (Å²) >= 11 is 0. The van der Waals surface area contributed by atoms with Gasteiger partial charge in [0.15, 0.2) is 0 Å². The van der Waals surface area contributed by atoms with Gasteiger partial charge in [0.25, 0.3) is 0 Å². The van der Waals surface area contributed by atoms with Crippen molar-refractivity contribution in [1.29, 1.82) is 0 Å². The maximum atomic E-state index is 12.9. The van der Waals surface area contributed by atoms with E-state index >= 15 is 0 Å². The maximum absolute atomic E-state index is 12.9. The fourth-order valence-electron chi connectivity index (χ4n) is 3.99. The normalized spacial score (nSPS) is 19.6. The lowest BCUT2D eigenvalue weighted by atomic mass is 9.89. The molecule has 2 heteroatoms. The van der Waals surface area contributed by atoms with Crippen molar-refractivity contribution in [2.75, 3.05) is 6.54 Å². The molecule has 0 bridgehead atoms. The van der Waals surface area contributed by atoms with Gasteiger partial charge in [0.1, 0.15) is 0 Å². The average Bonchev–Trinajstić information content (AvgIpc) is 2.89. The molecule has 3 rings (SSSR count). The summed E-state index contributed by atoms with van der Waals surface area (Å²) in [6, 6.07) is 19.6. The Morgan fingerprint density at radius 2 is 1.58 bits per heavy atom. The Morgan fingerprint density at radius 3 is 2.15 bits per heavy atom. The third kappa shape index (κ3) is 4.17. The number of amides is 1. The van der Waals surface area contributed by atoms with Crippen LogP contribution in [0.15, 0.2) is 54.6 Å². The Balaban J connectivity index is 1.77. The second-order valence-electron chi connectivity index (χ2n) is 9.47. The molecular weight excluding hydrogens is 318 g/mol. The number of nitrogens with zero attached hydrogens (tertiary/aromatic N) is 1. The molecule has 0 saturated carbocycles. The lowest BCUT2D eigenvalue weighted by molar-refractivity contribution is -0.140. The van der Waals surface area contributed by atoms with Crippen LogP contribution in [0.2, 0.25) is 0 Å². The molecule has 1 fully saturated rings. The van der Waals surface area contributed by atoms with Gasteiger partial charge in [-0.2, -0.15) is 0 Å². The molecule has 1 aliphatic rings. The highest BCUT2D eigenvalue weighted by Crippen LogP contribution is 2.38. The van der Waals surface area contributed by atoms with Crippen molar-refractivity contribution in [3.63, 3.8) is 0 Å². The van der Waals surface area contributed by atoms with Crippen molar-refractivity contribution in [3.05, 3.63) is 60.2 Å². The predicted octanol–water partition coefficient (Wildman–Crippen LogP) is 5.57. The van der Waals surface area contributed by atoms with E-state index in [1.165, 1.54) is 16.7 Å². The highest BCUT2D eigenvalue weighted by Gasteiger charge is 2.42. The van der Waals surface area contributed by atoms with Crippen LogP contribution in [0.3, 0.4) is 0 Å². The molecule has 1 atom stereocenters. The quantitative estimate of drug-likeness (QED) is 0.709. The van der Waals surface area contributed by atoms with Crippen LogP contribution in [0.1, 0.15) is 46.6 Å². The Labute approximate surface area is 158 Å². The summed E-state index contributed by atoms with van der Waals surface area (Å²) in [4.78, 5) is 15.1. The van der Waals surface area contributed by atoms with Crippen LogP contribution in [-0.4, -0.2) is 23.4 Å². The summed E-state index contributed by atoms with van der Waals surface area (Å²) in [5.74, 6) is 0.272. The molecule has 2 nitrogen and oxygen atoms in total. The van der Waals surface area contributed by atoms with Crippen molar-refractivity contribution in [2.45, 2.75) is 53.5 Å². The lowest BCUT2D eigenvalue weighted by Gasteiger charge is -2.31. The van der Waals surface area contributed by atoms with Gasteiger partial charge in [-0.05, 0) is 34.9 Å². The lowest BCUT2D eigenvalue weighted by Crippen LogP contribution is -2.43. The Hall–Kier alpha value is -2.09. The molecule has 0 spiro atoms. The molecule has 138 valence electrons. The Kier molecular flexibility index (Phi) is 4.96. The molecule has 0 aromatic heterocycles. The van der Waals surface area contributed by atoms with Crippen LogP contribution in [0, 0.1) is 10.8 Å². The average molecular weight is 350 g/mol. The van der Waals surface area contributed by atoms with Crippen LogP contribution in [0.25, 0.3) is 11.1 Å². The number of carbonyl (C=O) groups excluding carboxylic acids is 1. The zero-order chi connectivity index (χ0) is 18.9. The summed E-state index contributed by atoms with van der Waals surface area (Å²) in [6.45, 7) is 11.5. The number of likely N-dealkylation sites (tertiary alicyclic amines) is 1. The van der Waals surface area contributed by atoms with Crippen molar-refractivity contribution in [1.82, 2.24) is 4.90 Å². The summed E-state index contributed by atoms with van der Waals surface area (Å²) in [7, 11) is 0. The van der Waals surface area contributed by atoms with Gasteiger partial charge in [-0.15, -0.1) is 0 Å². The highest BCUT2D eigenvalue weighted by atomic mass is 16.2. The fraction of sp³-hybridized carbons (Fsp3) is 0.458. The monoisotopic (exact) mass is 349 g/mol. The predicted molar refractivity (Wildman–Crippen MR) is 109 cm³/mol. The van der Waals surface area contributed by atoms with E-state index in [2.05, 4.69) is 67.3 Å². The zero-order valence-corrected chi connectivity index (χ0v) is 16.8. The van der Waals surface area contributed by atoms with E-state index in [-0.39, 0.29) is 16.7 Å². The molecule has 1 heterocycles. The minimum absolute atomic E-state index is 0.190. The number of rotatable bonds is 3. The first-order valence-electron chi connectivity index (χ1n) is 9.61. The van der Waals surface area contributed by atoms with Crippen molar-refractivity contribution in [3.8, 4) is 11.1 Å². The van der Waals surface area contributed by atoms with E-state index in [4.69, 9.17) is 0 Å². The summed E-state index contributed by atoms with van der Waals surface area (Å²) < 4.78 is 0. The first-order valence-corrected chi connectivity index (χ1v) is 9.61. The first kappa shape index (κ1) is 18.7. The second-order valence-corrected chi connectivity index (χ2v) is 9.47. The Bertz CT molecular complexity index is 753. The highest BCUT2D eigenvalue weighted by molar-refractivity contribution is 5.82. The van der Waals surface area contributed by atoms with Gasteiger partial charge >= 0.3 is 0 Å². The van der Waals surface area contributed by atoms with E-state index in [1.54, 1.807) is 0 Å². The van der Waals surface area contributed by atoms with Crippen LogP contribution >= 0.6 is 0 Å². The van der Waals surface area contributed by atoms with Crippen molar-refractivity contribution >= 4 is 5.91 Å². The van der Waals surface area contributed by atoms with E-state index in [0.29, 0.717) is 6.04 Å². The molecular formula is C24H31NO. The van der Waals surface area contributed by atoms with Crippen LogP contribution in [0.4, 0.5) is 0 Å². The van der Waals surface area contributed by atoms with Gasteiger partial charge in [0.2, 0.25) is 5.91 Å². The van der Waals surface area contributed by atoms with Gasteiger partial charge in [-0.3, -0.25) is 4.79 Å². The number of carbonyl (C=O) groups is 1. The standard InChI is InChI=1S/C24H31NO/c1-23(2,3)22(26)25-17-24(4,5)16-21(25)15-18-11-13-20(14-12-18)19-9-7-6-8-10-19/h6-14,21H,15-17H2,1-5H3/t21-/m1/s1. The van der Waals surface area contributed by atoms with Gasteiger partial charge in [-0.1, -0.05) is 89.2 Å².